The van der Waals surface area contributed by atoms with Crippen LogP contribution in [-0.2, 0) is 14.8 Å². The zero-order valence-electron chi connectivity index (χ0n) is 6.86. The summed E-state index contributed by atoms with van der Waals surface area (Å²) in [5.74, 6) is 0. The highest BCUT2D eigenvalue weighted by molar-refractivity contribution is 7.90. The summed E-state index contributed by atoms with van der Waals surface area (Å²) >= 11 is 5.29. The van der Waals surface area contributed by atoms with Crippen molar-refractivity contribution < 1.29 is 13.2 Å². The second-order valence-electron chi connectivity index (χ2n) is 2.73. The number of hydrogen-bond acceptors (Lipinski definition) is 3. The summed E-state index contributed by atoms with van der Waals surface area (Å²) in [5.41, 5.74) is 0. The number of methoxy groups -OCH3 is 1. The fraction of sp³-hybridized carbons (Fsp3) is 1.00. The molecule has 0 aromatic heterocycles. The van der Waals surface area contributed by atoms with E-state index in [0.717, 1.165) is 6.42 Å². The average molecular weight is 214 g/mol. The molecule has 1 atom stereocenters. The minimum Gasteiger partial charge on any atom is -0.380 e. The van der Waals surface area contributed by atoms with E-state index in [1.165, 1.54) is 4.31 Å². The van der Waals surface area contributed by atoms with E-state index in [1.807, 2.05) is 0 Å². The quantitative estimate of drug-likeness (QED) is 0.631. The Balaban J connectivity index is 2.58. The summed E-state index contributed by atoms with van der Waals surface area (Å²) in [7, 11) is -1.64. The molecule has 1 rings (SSSR count). The van der Waals surface area contributed by atoms with Gasteiger partial charge in [0.25, 0.3) is 0 Å². The van der Waals surface area contributed by atoms with Crippen molar-refractivity contribution in [1.29, 1.82) is 0 Å². The molecule has 12 heavy (non-hydrogen) atoms. The topological polar surface area (TPSA) is 46.6 Å². The predicted molar refractivity (Wildman–Crippen MR) is 46.6 cm³/mol. The molecule has 1 aliphatic rings. The average Bonchev–Trinajstić information content (AvgIpc) is 2.52. The van der Waals surface area contributed by atoms with Crippen molar-refractivity contribution in [1.82, 2.24) is 4.31 Å². The van der Waals surface area contributed by atoms with E-state index in [-0.39, 0.29) is 11.3 Å². The van der Waals surface area contributed by atoms with Crippen molar-refractivity contribution in [2.75, 3.05) is 25.4 Å². The first-order chi connectivity index (χ1) is 5.60. The lowest BCUT2D eigenvalue weighted by atomic mass is 10.3. The number of rotatable bonds is 3. The normalized spacial score (nSPS) is 26.3. The molecule has 0 aromatic rings. The fourth-order valence-corrected chi connectivity index (χ4v) is 2.54. The van der Waals surface area contributed by atoms with Gasteiger partial charge in [0, 0.05) is 20.2 Å². The maximum Gasteiger partial charge on any atom is 0.228 e. The lowest BCUT2D eigenvalue weighted by Crippen LogP contribution is -2.30. The number of ether oxygens (including phenoxy) is 1. The molecule has 0 bridgehead atoms. The zero-order chi connectivity index (χ0) is 9.19. The van der Waals surface area contributed by atoms with Gasteiger partial charge in [0.05, 0.1) is 6.10 Å². The van der Waals surface area contributed by atoms with Gasteiger partial charge in [-0.15, -0.1) is 11.6 Å². The predicted octanol–water partition coefficient (Wildman–Crippen LogP) is 0.233. The highest BCUT2D eigenvalue weighted by Gasteiger charge is 2.30. The first-order valence-corrected chi connectivity index (χ1v) is 5.81. The largest absolute Gasteiger partial charge is 0.380 e. The summed E-state index contributed by atoms with van der Waals surface area (Å²) < 4.78 is 28.8. The highest BCUT2D eigenvalue weighted by Crippen LogP contribution is 2.16. The van der Waals surface area contributed by atoms with E-state index in [2.05, 4.69) is 0 Å². The summed E-state index contributed by atoms with van der Waals surface area (Å²) in [6.45, 7) is 0.957. The van der Waals surface area contributed by atoms with Gasteiger partial charge in [0.2, 0.25) is 10.0 Å². The molecule has 0 unspecified atom stereocenters. The number of nitrogens with zero attached hydrogens (tertiary/aromatic N) is 1. The van der Waals surface area contributed by atoms with Crippen molar-refractivity contribution in [3.63, 3.8) is 0 Å². The zero-order valence-corrected chi connectivity index (χ0v) is 8.44. The van der Waals surface area contributed by atoms with Gasteiger partial charge in [-0.2, -0.15) is 4.31 Å². The van der Waals surface area contributed by atoms with Gasteiger partial charge in [-0.1, -0.05) is 0 Å². The number of sulfonamides is 1. The van der Waals surface area contributed by atoms with Crippen molar-refractivity contribution in [3.8, 4) is 0 Å². The van der Waals surface area contributed by atoms with E-state index in [9.17, 15) is 8.42 Å². The summed E-state index contributed by atoms with van der Waals surface area (Å²) in [6.07, 6.45) is 0.787. The first-order valence-electron chi connectivity index (χ1n) is 3.66. The second-order valence-corrected chi connectivity index (χ2v) is 5.28. The Morgan fingerprint density at radius 3 is 2.75 bits per heavy atom. The molecule has 0 spiro atoms. The molecular formula is C6H12ClNO3S. The Morgan fingerprint density at radius 2 is 2.33 bits per heavy atom. The number of alkyl halides is 1. The molecule has 1 saturated heterocycles. The van der Waals surface area contributed by atoms with Gasteiger partial charge in [-0.25, -0.2) is 8.42 Å². The Hall–Kier alpha value is 0.160. The van der Waals surface area contributed by atoms with Crippen LogP contribution in [0.1, 0.15) is 6.42 Å². The molecule has 1 fully saturated rings. The maximum absolute atomic E-state index is 11.2. The molecule has 0 aromatic carbocycles. The van der Waals surface area contributed by atoms with E-state index in [0.29, 0.717) is 13.1 Å². The Labute approximate surface area is 77.5 Å². The Morgan fingerprint density at radius 1 is 1.67 bits per heavy atom. The molecule has 6 heteroatoms. The maximum atomic E-state index is 11.2. The summed E-state index contributed by atoms with van der Waals surface area (Å²) in [5, 5.41) is -0.344. The van der Waals surface area contributed by atoms with Gasteiger partial charge in [-0.3, -0.25) is 0 Å². The highest BCUT2D eigenvalue weighted by atomic mass is 35.5. The minimum atomic E-state index is -3.22. The molecule has 0 amide bonds. The van der Waals surface area contributed by atoms with Crippen molar-refractivity contribution in [2.45, 2.75) is 12.5 Å². The van der Waals surface area contributed by atoms with Crippen LogP contribution >= 0.6 is 11.6 Å². The number of hydrogen-bond donors (Lipinski definition) is 0. The summed E-state index contributed by atoms with van der Waals surface area (Å²) in [6, 6.07) is 0. The lowest BCUT2D eigenvalue weighted by Gasteiger charge is -2.13. The van der Waals surface area contributed by atoms with Crippen LogP contribution in [0, 0.1) is 0 Å². The molecule has 1 heterocycles. The SMILES string of the molecule is CO[C@@H]1CCN(S(=O)(=O)CCl)C1. The molecule has 4 nitrogen and oxygen atoms in total. The van der Waals surface area contributed by atoms with Crippen molar-refractivity contribution in [2.24, 2.45) is 0 Å². The van der Waals surface area contributed by atoms with Crippen LogP contribution in [0.25, 0.3) is 0 Å². The molecular weight excluding hydrogens is 202 g/mol. The monoisotopic (exact) mass is 213 g/mol. The lowest BCUT2D eigenvalue weighted by molar-refractivity contribution is 0.115. The van der Waals surface area contributed by atoms with Crippen molar-refractivity contribution >= 4 is 21.6 Å². The van der Waals surface area contributed by atoms with E-state index >= 15 is 0 Å². The molecule has 0 radical (unpaired) electrons. The van der Waals surface area contributed by atoms with Crippen LogP contribution in [0.5, 0.6) is 0 Å². The third kappa shape index (κ3) is 2.10. The van der Waals surface area contributed by atoms with E-state index < -0.39 is 10.0 Å². The molecule has 1 aliphatic heterocycles. The molecule has 0 N–H and O–H groups in total. The van der Waals surface area contributed by atoms with Gasteiger partial charge in [-0.05, 0) is 6.42 Å². The van der Waals surface area contributed by atoms with Crippen molar-refractivity contribution in [3.05, 3.63) is 0 Å². The number of halogens is 1. The first kappa shape index (κ1) is 10.2. The fourth-order valence-electron chi connectivity index (χ4n) is 1.21. The third-order valence-corrected chi connectivity index (χ3v) is 4.19. The Kier molecular flexibility index (Phi) is 3.34. The van der Waals surface area contributed by atoms with Crippen LogP contribution in [0.4, 0.5) is 0 Å². The smallest absolute Gasteiger partial charge is 0.228 e. The van der Waals surface area contributed by atoms with E-state index in [4.69, 9.17) is 16.3 Å². The minimum absolute atomic E-state index is 0.0305. The van der Waals surface area contributed by atoms with Gasteiger partial charge < -0.3 is 4.74 Å². The van der Waals surface area contributed by atoms with Gasteiger partial charge in [0.1, 0.15) is 5.21 Å². The third-order valence-electron chi connectivity index (χ3n) is 1.97. The van der Waals surface area contributed by atoms with Gasteiger partial charge >= 0.3 is 0 Å². The summed E-state index contributed by atoms with van der Waals surface area (Å²) in [4.78, 5) is 0. The Bertz CT molecular complexity index is 241. The van der Waals surface area contributed by atoms with Crippen LogP contribution in [0.15, 0.2) is 0 Å². The molecule has 0 saturated carbocycles. The molecule has 72 valence electrons. The second kappa shape index (κ2) is 3.91. The van der Waals surface area contributed by atoms with Crippen LogP contribution in [0.2, 0.25) is 0 Å². The molecule has 0 aliphatic carbocycles. The van der Waals surface area contributed by atoms with Crippen LogP contribution in [0.3, 0.4) is 0 Å². The van der Waals surface area contributed by atoms with Gasteiger partial charge in [0.15, 0.2) is 0 Å². The van der Waals surface area contributed by atoms with Crippen LogP contribution in [-0.4, -0.2) is 44.2 Å². The standard InChI is InChI=1S/C6H12ClNO3S/c1-11-6-2-3-8(4-6)12(9,10)5-7/h6H,2-5H2,1H3/t6-/m1/s1. The van der Waals surface area contributed by atoms with Crippen LogP contribution < -0.4 is 0 Å². The van der Waals surface area contributed by atoms with E-state index in [1.54, 1.807) is 7.11 Å².